The Balaban J connectivity index is 1.56. The minimum Gasteiger partial charge on any atom is -0.381 e. The van der Waals surface area contributed by atoms with Gasteiger partial charge in [-0.2, -0.15) is 10.2 Å². The zero-order chi connectivity index (χ0) is 14.2. The Hall–Kier alpha value is -2.89. The van der Waals surface area contributed by atoms with Gasteiger partial charge in [-0.15, -0.1) is 0 Å². The fourth-order valence-electron chi connectivity index (χ4n) is 2.38. The van der Waals surface area contributed by atoms with Crippen molar-refractivity contribution in [1.29, 1.82) is 0 Å². The average molecular weight is 278 g/mol. The molecule has 0 amide bonds. The molecule has 0 saturated carbocycles. The molecule has 6 nitrogen and oxygen atoms in total. The smallest absolute Gasteiger partial charge is 0.155 e. The van der Waals surface area contributed by atoms with Gasteiger partial charge in [0.1, 0.15) is 0 Å². The van der Waals surface area contributed by atoms with Gasteiger partial charge in [0.2, 0.25) is 0 Å². The maximum Gasteiger partial charge on any atom is 0.155 e. The van der Waals surface area contributed by atoms with Crippen molar-refractivity contribution in [2.75, 3.05) is 5.32 Å². The zero-order valence-electron chi connectivity index (χ0n) is 11.5. The van der Waals surface area contributed by atoms with Crippen LogP contribution in [0.3, 0.4) is 0 Å². The van der Waals surface area contributed by atoms with E-state index in [1.807, 2.05) is 54.3 Å². The van der Waals surface area contributed by atoms with Crippen molar-refractivity contribution in [3.05, 3.63) is 54.1 Å². The third-order valence-electron chi connectivity index (χ3n) is 3.43. The molecule has 0 aliphatic carbocycles. The van der Waals surface area contributed by atoms with Crippen LogP contribution in [0.25, 0.3) is 16.6 Å². The molecule has 0 aliphatic heterocycles. The maximum atomic E-state index is 4.40. The number of hydrogen-bond acceptors (Lipinski definition) is 4. The van der Waals surface area contributed by atoms with Crippen molar-refractivity contribution in [3.8, 4) is 0 Å². The number of hydrogen-bond donors (Lipinski definition) is 2. The van der Waals surface area contributed by atoms with E-state index in [0.29, 0.717) is 6.54 Å². The van der Waals surface area contributed by atoms with E-state index in [1.54, 1.807) is 0 Å². The number of fused-ring (bicyclic) bond motifs is 2. The second kappa shape index (κ2) is 4.59. The summed E-state index contributed by atoms with van der Waals surface area (Å²) in [4.78, 5) is 4.40. The van der Waals surface area contributed by atoms with Gasteiger partial charge in [0.05, 0.1) is 17.4 Å². The van der Waals surface area contributed by atoms with Gasteiger partial charge < -0.3 is 5.32 Å². The normalized spacial score (nSPS) is 11.3. The lowest BCUT2D eigenvalue weighted by Crippen LogP contribution is -2.02. The summed E-state index contributed by atoms with van der Waals surface area (Å²) in [5, 5.41) is 15.9. The summed E-state index contributed by atoms with van der Waals surface area (Å²) in [5.74, 6) is 0. The fraction of sp³-hybridized carbons (Fsp3) is 0.133. The Morgan fingerprint density at radius 2 is 2.19 bits per heavy atom. The summed E-state index contributed by atoms with van der Waals surface area (Å²) < 4.78 is 1.81. The van der Waals surface area contributed by atoms with E-state index in [-0.39, 0.29) is 0 Å². The molecule has 4 rings (SSSR count). The Bertz CT molecular complexity index is 920. The molecule has 104 valence electrons. The summed E-state index contributed by atoms with van der Waals surface area (Å²) in [6.07, 6.45) is 5.69. The molecule has 2 N–H and O–H groups in total. The Morgan fingerprint density at radius 1 is 1.24 bits per heavy atom. The van der Waals surface area contributed by atoms with E-state index in [4.69, 9.17) is 0 Å². The first kappa shape index (κ1) is 11.9. The van der Waals surface area contributed by atoms with Crippen LogP contribution in [0.1, 0.15) is 11.3 Å². The predicted octanol–water partition coefficient (Wildman–Crippen LogP) is 2.53. The number of aromatic amines is 1. The van der Waals surface area contributed by atoms with E-state index in [9.17, 15) is 0 Å². The van der Waals surface area contributed by atoms with Gasteiger partial charge in [-0.05, 0) is 25.1 Å². The van der Waals surface area contributed by atoms with E-state index >= 15 is 0 Å². The fourth-order valence-corrected chi connectivity index (χ4v) is 2.38. The maximum absolute atomic E-state index is 4.40. The lowest BCUT2D eigenvalue weighted by Gasteiger charge is -2.06. The first-order valence-corrected chi connectivity index (χ1v) is 6.76. The SMILES string of the molecule is Cc1cc2ncc(CNc3ccc4cn[nH]c4c3)cn2n1. The van der Waals surface area contributed by atoms with Crippen LogP contribution in [-0.2, 0) is 6.54 Å². The molecule has 0 bridgehead atoms. The molecule has 0 saturated heterocycles. The van der Waals surface area contributed by atoms with Gasteiger partial charge in [-0.1, -0.05) is 0 Å². The molecule has 0 aliphatic rings. The highest BCUT2D eigenvalue weighted by atomic mass is 15.2. The first-order valence-electron chi connectivity index (χ1n) is 6.76. The van der Waals surface area contributed by atoms with Crippen molar-refractivity contribution >= 4 is 22.2 Å². The van der Waals surface area contributed by atoms with E-state index < -0.39 is 0 Å². The molecule has 0 unspecified atom stereocenters. The van der Waals surface area contributed by atoms with Crippen LogP contribution in [0.5, 0.6) is 0 Å². The van der Waals surface area contributed by atoms with Crippen LogP contribution < -0.4 is 5.32 Å². The van der Waals surface area contributed by atoms with Crippen LogP contribution in [-0.4, -0.2) is 24.8 Å². The number of aromatic nitrogens is 5. The highest BCUT2D eigenvalue weighted by Gasteiger charge is 2.02. The lowest BCUT2D eigenvalue weighted by atomic mass is 10.2. The van der Waals surface area contributed by atoms with Crippen molar-refractivity contribution in [1.82, 2.24) is 24.8 Å². The number of nitrogens with one attached hydrogen (secondary N) is 2. The minimum absolute atomic E-state index is 0.696. The number of benzene rings is 1. The van der Waals surface area contributed by atoms with Gasteiger partial charge in [0.25, 0.3) is 0 Å². The number of anilines is 1. The minimum atomic E-state index is 0.696. The van der Waals surface area contributed by atoms with Crippen LogP contribution >= 0.6 is 0 Å². The van der Waals surface area contributed by atoms with Crippen LogP contribution in [0, 0.1) is 6.92 Å². The van der Waals surface area contributed by atoms with Gasteiger partial charge in [-0.3, -0.25) is 5.10 Å². The van der Waals surface area contributed by atoms with Crippen molar-refractivity contribution < 1.29 is 0 Å². The summed E-state index contributed by atoms with van der Waals surface area (Å²) in [5.41, 5.74) is 4.99. The molecule has 0 spiro atoms. The molecular weight excluding hydrogens is 264 g/mol. The summed E-state index contributed by atoms with van der Waals surface area (Å²) in [7, 11) is 0. The second-order valence-electron chi connectivity index (χ2n) is 5.08. The van der Waals surface area contributed by atoms with Crippen molar-refractivity contribution in [2.45, 2.75) is 13.5 Å². The standard InChI is InChI=1S/C15H14N6/c1-10-4-15-17-7-11(9-21(15)20-10)6-16-13-3-2-12-8-18-19-14(12)5-13/h2-5,7-9,16H,6H2,1H3,(H,18,19). The zero-order valence-corrected chi connectivity index (χ0v) is 11.5. The number of aryl methyl sites for hydroxylation is 1. The molecular formula is C15H14N6. The molecule has 6 heteroatoms. The largest absolute Gasteiger partial charge is 0.381 e. The highest BCUT2D eigenvalue weighted by Crippen LogP contribution is 2.17. The monoisotopic (exact) mass is 278 g/mol. The quantitative estimate of drug-likeness (QED) is 0.604. The molecule has 1 aromatic carbocycles. The third kappa shape index (κ3) is 2.20. The third-order valence-corrected chi connectivity index (χ3v) is 3.43. The summed E-state index contributed by atoms with van der Waals surface area (Å²) in [6, 6.07) is 8.09. The molecule has 0 fully saturated rings. The average Bonchev–Trinajstić information content (AvgIpc) is 3.08. The molecule has 4 aromatic rings. The van der Waals surface area contributed by atoms with Crippen LogP contribution in [0.2, 0.25) is 0 Å². The van der Waals surface area contributed by atoms with Crippen molar-refractivity contribution in [3.63, 3.8) is 0 Å². The van der Waals surface area contributed by atoms with E-state index in [0.717, 1.165) is 33.5 Å². The Kier molecular flexibility index (Phi) is 2.60. The Morgan fingerprint density at radius 3 is 3.14 bits per heavy atom. The van der Waals surface area contributed by atoms with Gasteiger partial charge in [-0.25, -0.2) is 9.50 Å². The van der Waals surface area contributed by atoms with Crippen LogP contribution in [0.15, 0.2) is 42.9 Å². The van der Waals surface area contributed by atoms with Crippen LogP contribution in [0.4, 0.5) is 5.69 Å². The summed E-state index contributed by atoms with van der Waals surface area (Å²) >= 11 is 0. The Labute approximate surface area is 120 Å². The van der Waals surface area contributed by atoms with E-state index in [1.165, 1.54) is 0 Å². The predicted molar refractivity (Wildman–Crippen MR) is 81.1 cm³/mol. The number of rotatable bonds is 3. The molecule has 3 aromatic heterocycles. The van der Waals surface area contributed by atoms with Crippen molar-refractivity contribution in [2.24, 2.45) is 0 Å². The number of nitrogens with zero attached hydrogens (tertiary/aromatic N) is 4. The van der Waals surface area contributed by atoms with Gasteiger partial charge >= 0.3 is 0 Å². The molecule has 0 radical (unpaired) electrons. The van der Waals surface area contributed by atoms with Gasteiger partial charge in [0, 0.05) is 41.6 Å². The lowest BCUT2D eigenvalue weighted by molar-refractivity contribution is 0.895. The summed E-state index contributed by atoms with van der Waals surface area (Å²) in [6.45, 7) is 2.66. The molecule has 3 heterocycles. The van der Waals surface area contributed by atoms with Gasteiger partial charge in [0.15, 0.2) is 5.65 Å². The molecule has 0 atom stereocenters. The second-order valence-corrected chi connectivity index (χ2v) is 5.08. The van der Waals surface area contributed by atoms with E-state index in [2.05, 4.69) is 25.6 Å². The molecule has 21 heavy (non-hydrogen) atoms. The highest BCUT2D eigenvalue weighted by molar-refractivity contribution is 5.81. The topological polar surface area (TPSA) is 70.9 Å². The number of H-pyrrole nitrogens is 1. The first-order chi connectivity index (χ1) is 10.3.